The smallest absolute Gasteiger partial charge is 0.239 e. The fourth-order valence-electron chi connectivity index (χ4n) is 1.45. The van der Waals surface area contributed by atoms with E-state index in [2.05, 4.69) is 30.5 Å². The third-order valence-electron chi connectivity index (χ3n) is 2.62. The second-order valence-corrected chi connectivity index (χ2v) is 3.95. The zero-order valence-electron chi connectivity index (χ0n) is 10.3. The van der Waals surface area contributed by atoms with Gasteiger partial charge in [0.15, 0.2) is 0 Å². The molecule has 0 saturated heterocycles. The maximum Gasteiger partial charge on any atom is 0.239 e. The average molecular weight is 220 g/mol. The highest BCUT2D eigenvalue weighted by Crippen LogP contribution is 2.17. The van der Waals surface area contributed by atoms with E-state index in [9.17, 15) is 4.79 Å². The summed E-state index contributed by atoms with van der Waals surface area (Å²) >= 11 is 0. The molecule has 0 heterocycles. The van der Waals surface area contributed by atoms with Gasteiger partial charge in [-0.25, -0.2) is 0 Å². The summed E-state index contributed by atoms with van der Waals surface area (Å²) in [6.07, 6.45) is 0.967. The summed E-state index contributed by atoms with van der Waals surface area (Å²) < 4.78 is 0. The molecule has 0 atom stereocenters. The molecule has 0 aliphatic rings. The highest BCUT2D eigenvalue weighted by Gasteiger charge is 2.02. The van der Waals surface area contributed by atoms with E-state index in [1.54, 1.807) is 0 Å². The van der Waals surface area contributed by atoms with Crippen molar-refractivity contribution in [2.24, 2.45) is 0 Å². The van der Waals surface area contributed by atoms with Crippen LogP contribution in [0.1, 0.15) is 24.5 Å². The molecule has 88 valence electrons. The molecule has 1 aromatic carbocycles. The normalized spacial score (nSPS) is 9.94. The Morgan fingerprint density at radius 1 is 1.31 bits per heavy atom. The Hall–Kier alpha value is -1.51. The number of nitrogens with one attached hydrogen (secondary N) is 2. The molecule has 0 bridgehead atoms. The number of hydrogen-bond acceptors (Lipinski definition) is 2. The first-order chi connectivity index (χ1) is 7.65. The van der Waals surface area contributed by atoms with Crippen molar-refractivity contribution in [1.29, 1.82) is 0 Å². The SMILES string of the molecule is CCCNC(=O)CNc1cccc(C)c1C. The Kier molecular flexibility index (Phi) is 4.83. The number of aryl methyl sites for hydroxylation is 1. The molecule has 2 N–H and O–H groups in total. The fraction of sp³-hybridized carbons (Fsp3) is 0.462. The van der Waals surface area contributed by atoms with Gasteiger partial charge >= 0.3 is 0 Å². The third-order valence-corrected chi connectivity index (χ3v) is 2.62. The maximum absolute atomic E-state index is 11.4. The first kappa shape index (κ1) is 12.6. The lowest BCUT2D eigenvalue weighted by molar-refractivity contribution is -0.119. The number of carbonyl (C=O) groups is 1. The van der Waals surface area contributed by atoms with Crippen molar-refractivity contribution in [2.75, 3.05) is 18.4 Å². The predicted octanol–water partition coefficient (Wildman–Crippen LogP) is 2.24. The Morgan fingerprint density at radius 3 is 2.75 bits per heavy atom. The van der Waals surface area contributed by atoms with Crippen LogP contribution in [0.25, 0.3) is 0 Å². The average Bonchev–Trinajstić information content (AvgIpc) is 2.28. The van der Waals surface area contributed by atoms with Gasteiger partial charge in [-0.3, -0.25) is 4.79 Å². The Morgan fingerprint density at radius 2 is 2.06 bits per heavy atom. The van der Waals surface area contributed by atoms with Gasteiger partial charge < -0.3 is 10.6 Å². The zero-order valence-corrected chi connectivity index (χ0v) is 10.3. The summed E-state index contributed by atoms with van der Waals surface area (Å²) in [6, 6.07) is 6.06. The topological polar surface area (TPSA) is 41.1 Å². The molecule has 1 rings (SSSR count). The largest absolute Gasteiger partial charge is 0.376 e. The predicted molar refractivity (Wildman–Crippen MR) is 67.7 cm³/mol. The molecule has 0 fully saturated rings. The zero-order chi connectivity index (χ0) is 12.0. The van der Waals surface area contributed by atoms with Crippen molar-refractivity contribution in [3.63, 3.8) is 0 Å². The van der Waals surface area contributed by atoms with Crippen LogP contribution < -0.4 is 10.6 Å². The molecule has 0 saturated carbocycles. The van der Waals surface area contributed by atoms with E-state index in [1.165, 1.54) is 11.1 Å². The van der Waals surface area contributed by atoms with E-state index in [-0.39, 0.29) is 5.91 Å². The van der Waals surface area contributed by atoms with Gasteiger partial charge in [0.2, 0.25) is 5.91 Å². The quantitative estimate of drug-likeness (QED) is 0.799. The van der Waals surface area contributed by atoms with Crippen molar-refractivity contribution < 1.29 is 4.79 Å². The molecule has 3 heteroatoms. The van der Waals surface area contributed by atoms with E-state index in [4.69, 9.17) is 0 Å². The molecule has 0 aromatic heterocycles. The molecule has 16 heavy (non-hydrogen) atoms. The molecule has 1 amide bonds. The highest BCUT2D eigenvalue weighted by atomic mass is 16.1. The minimum Gasteiger partial charge on any atom is -0.376 e. The standard InChI is InChI=1S/C13H20N2O/c1-4-8-14-13(16)9-15-12-7-5-6-10(2)11(12)3/h5-7,15H,4,8-9H2,1-3H3,(H,14,16). The highest BCUT2D eigenvalue weighted by molar-refractivity contribution is 5.80. The van der Waals surface area contributed by atoms with Crippen molar-refractivity contribution >= 4 is 11.6 Å². The van der Waals surface area contributed by atoms with E-state index >= 15 is 0 Å². The number of anilines is 1. The number of rotatable bonds is 5. The van der Waals surface area contributed by atoms with Crippen molar-refractivity contribution in [1.82, 2.24) is 5.32 Å². The fourth-order valence-corrected chi connectivity index (χ4v) is 1.45. The van der Waals surface area contributed by atoms with Gasteiger partial charge in [-0.05, 0) is 37.5 Å². The lowest BCUT2D eigenvalue weighted by Crippen LogP contribution is -2.30. The van der Waals surface area contributed by atoms with Crippen molar-refractivity contribution in [3.05, 3.63) is 29.3 Å². The minimum atomic E-state index is 0.0442. The Bertz CT molecular complexity index is 361. The summed E-state index contributed by atoms with van der Waals surface area (Å²) in [5.41, 5.74) is 3.47. The van der Waals surface area contributed by atoms with E-state index < -0.39 is 0 Å². The van der Waals surface area contributed by atoms with E-state index in [0.29, 0.717) is 6.54 Å². The van der Waals surface area contributed by atoms with Gasteiger partial charge in [-0.1, -0.05) is 19.1 Å². The van der Waals surface area contributed by atoms with Crippen LogP contribution in [-0.2, 0) is 4.79 Å². The van der Waals surface area contributed by atoms with Crippen LogP contribution in [0, 0.1) is 13.8 Å². The van der Waals surface area contributed by atoms with Gasteiger partial charge in [0.1, 0.15) is 0 Å². The molecule has 3 nitrogen and oxygen atoms in total. The molecular weight excluding hydrogens is 200 g/mol. The summed E-state index contributed by atoms with van der Waals surface area (Å²) in [6.45, 7) is 7.25. The van der Waals surface area contributed by atoms with Crippen LogP contribution in [-0.4, -0.2) is 19.0 Å². The molecule has 0 unspecified atom stereocenters. The molecular formula is C13H20N2O. The lowest BCUT2D eigenvalue weighted by Gasteiger charge is -2.11. The van der Waals surface area contributed by atoms with Crippen LogP contribution in [0.15, 0.2) is 18.2 Å². The van der Waals surface area contributed by atoms with Crippen LogP contribution in [0.2, 0.25) is 0 Å². The van der Waals surface area contributed by atoms with Crippen LogP contribution in [0.3, 0.4) is 0 Å². The summed E-state index contributed by atoms with van der Waals surface area (Å²) in [5.74, 6) is 0.0442. The lowest BCUT2D eigenvalue weighted by atomic mass is 10.1. The van der Waals surface area contributed by atoms with Crippen molar-refractivity contribution in [2.45, 2.75) is 27.2 Å². The van der Waals surface area contributed by atoms with E-state index in [0.717, 1.165) is 18.7 Å². The molecule has 0 aliphatic carbocycles. The molecule has 0 aliphatic heterocycles. The first-order valence-electron chi connectivity index (χ1n) is 5.72. The monoisotopic (exact) mass is 220 g/mol. The second-order valence-electron chi connectivity index (χ2n) is 3.95. The van der Waals surface area contributed by atoms with Crippen LogP contribution >= 0.6 is 0 Å². The Labute approximate surface area is 97.2 Å². The van der Waals surface area contributed by atoms with Gasteiger partial charge in [0.25, 0.3) is 0 Å². The number of amides is 1. The maximum atomic E-state index is 11.4. The van der Waals surface area contributed by atoms with Crippen molar-refractivity contribution in [3.8, 4) is 0 Å². The molecule has 1 aromatic rings. The molecule has 0 spiro atoms. The van der Waals surface area contributed by atoms with E-state index in [1.807, 2.05) is 19.1 Å². The summed E-state index contributed by atoms with van der Waals surface area (Å²) in [4.78, 5) is 11.4. The van der Waals surface area contributed by atoms with Crippen LogP contribution in [0.5, 0.6) is 0 Å². The summed E-state index contributed by atoms with van der Waals surface area (Å²) in [7, 11) is 0. The van der Waals surface area contributed by atoms with Gasteiger partial charge in [-0.15, -0.1) is 0 Å². The third kappa shape index (κ3) is 3.57. The van der Waals surface area contributed by atoms with Crippen LogP contribution in [0.4, 0.5) is 5.69 Å². The number of hydrogen-bond donors (Lipinski definition) is 2. The van der Waals surface area contributed by atoms with Gasteiger partial charge in [0.05, 0.1) is 6.54 Å². The Balaban J connectivity index is 2.48. The second kappa shape index (κ2) is 6.16. The van der Waals surface area contributed by atoms with Gasteiger partial charge in [-0.2, -0.15) is 0 Å². The molecule has 0 radical (unpaired) electrons. The minimum absolute atomic E-state index is 0.0442. The number of benzene rings is 1. The number of carbonyl (C=O) groups excluding carboxylic acids is 1. The first-order valence-corrected chi connectivity index (χ1v) is 5.72. The summed E-state index contributed by atoms with van der Waals surface area (Å²) in [5, 5.41) is 5.99. The van der Waals surface area contributed by atoms with Gasteiger partial charge in [0, 0.05) is 12.2 Å².